The van der Waals surface area contributed by atoms with Crippen molar-refractivity contribution in [3.63, 3.8) is 0 Å². The van der Waals surface area contributed by atoms with Crippen molar-refractivity contribution < 1.29 is 19.1 Å². The number of alkyl carbamates (subject to hydrolysis) is 1. The van der Waals surface area contributed by atoms with Crippen LogP contribution in [0, 0.1) is 0 Å². The number of benzene rings is 2. The quantitative estimate of drug-likeness (QED) is 0.692. The predicted molar refractivity (Wildman–Crippen MR) is 107 cm³/mol. The van der Waals surface area contributed by atoms with Crippen LogP contribution in [0.4, 0.5) is 4.79 Å². The van der Waals surface area contributed by atoms with Gasteiger partial charge in [-0.25, -0.2) is 9.59 Å². The lowest BCUT2D eigenvalue weighted by molar-refractivity contribution is -0.142. The second kappa shape index (κ2) is 8.39. The highest BCUT2D eigenvalue weighted by molar-refractivity contribution is 9.11. The number of halogens is 1. The van der Waals surface area contributed by atoms with Gasteiger partial charge in [-0.05, 0) is 26.7 Å². The molecule has 0 radical (unpaired) electrons. The Kier molecular flexibility index (Phi) is 5.96. The molecule has 3 rings (SSSR count). The highest BCUT2D eigenvalue weighted by atomic mass is 79.9. The molecule has 0 saturated carbocycles. The molecule has 1 aliphatic carbocycles. The Morgan fingerprint density at radius 3 is 2.19 bits per heavy atom. The summed E-state index contributed by atoms with van der Waals surface area (Å²) in [7, 11) is 1.27. The Hall–Kier alpha value is -2.60. The molecule has 1 aliphatic rings. The van der Waals surface area contributed by atoms with Crippen molar-refractivity contribution in [3.05, 3.63) is 70.7 Å². The first-order valence-electron chi connectivity index (χ1n) is 8.54. The smallest absolute Gasteiger partial charge is 0.407 e. The van der Waals surface area contributed by atoms with Crippen LogP contribution in [0.25, 0.3) is 11.1 Å². The Morgan fingerprint density at radius 1 is 1.11 bits per heavy atom. The van der Waals surface area contributed by atoms with E-state index in [0.717, 1.165) is 22.3 Å². The summed E-state index contributed by atoms with van der Waals surface area (Å²) < 4.78 is 10.7. The van der Waals surface area contributed by atoms with Crippen LogP contribution in [-0.4, -0.2) is 31.8 Å². The van der Waals surface area contributed by atoms with Gasteiger partial charge in [-0.15, -0.1) is 0 Å². The molecule has 5 nitrogen and oxygen atoms in total. The average Bonchev–Trinajstić information content (AvgIpc) is 2.99. The van der Waals surface area contributed by atoms with Gasteiger partial charge < -0.3 is 14.8 Å². The molecular formula is C21H20BrNO4. The minimum Gasteiger partial charge on any atom is -0.467 e. The van der Waals surface area contributed by atoms with E-state index in [9.17, 15) is 9.59 Å². The Balaban J connectivity index is 1.70. The zero-order chi connectivity index (χ0) is 19.4. The van der Waals surface area contributed by atoms with Crippen molar-refractivity contribution in [2.75, 3.05) is 13.7 Å². The van der Waals surface area contributed by atoms with Crippen molar-refractivity contribution in [1.82, 2.24) is 5.32 Å². The van der Waals surface area contributed by atoms with Gasteiger partial charge in [0.15, 0.2) is 0 Å². The Labute approximate surface area is 166 Å². The molecule has 0 aliphatic heterocycles. The third kappa shape index (κ3) is 4.22. The standard InChI is InChI=1S/C21H20BrNO4/c1-13(22)11-19(20(24)26-2)23-21(25)27-12-18-16-9-5-3-7-14(16)15-8-4-6-10-17(15)18/h3-10,18-19H,1,11-12H2,2H3,(H,23,25). The summed E-state index contributed by atoms with van der Waals surface area (Å²) in [4.78, 5) is 24.1. The van der Waals surface area contributed by atoms with Crippen LogP contribution >= 0.6 is 15.9 Å². The number of esters is 1. The molecule has 2 aromatic rings. The molecule has 0 bridgehead atoms. The number of amides is 1. The molecule has 6 heteroatoms. The van der Waals surface area contributed by atoms with Crippen LogP contribution in [0.1, 0.15) is 23.5 Å². The van der Waals surface area contributed by atoms with Gasteiger partial charge in [0.05, 0.1) is 7.11 Å². The maximum Gasteiger partial charge on any atom is 0.407 e. The molecule has 1 unspecified atom stereocenters. The van der Waals surface area contributed by atoms with E-state index in [2.05, 4.69) is 40.0 Å². The van der Waals surface area contributed by atoms with E-state index in [-0.39, 0.29) is 18.9 Å². The molecule has 0 heterocycles. The first kappa shape index (κ1) is 19.2. The van der Waals surface area contributed by atoms with Crippen LogP contribution < -0.4 is 5.32 Å². The highest BCUT2D eigenvalue weighted by Crippen LogP contribution is 2.44. The number of ether oxygens (including phenoxy) is 2. The molecule has 0 saturated heterocycles. The minimum atomic E-state index is -0.850. The monoisotopic (exact) mass is 429 g/mol. The summed E-state index contributed by atoms with van der Waals surface area (Å²) in [6, 6.07) is 15.4. The molecule has 1 N–H and O–H groups in total. The van der Waals surface area contributed by atoms with Gasteiger partial charge in [0, 0.05) is 12.3 Å². The zero-order valence-corrected chi connectivity index (χ0v) is 16.5. The highest BCUT2D eigenvalue weighted by Gasteiger charge is 2.29. The van der Waals surface area contributed by atoms with Gasteiger partial charge in [0.25, 0.3) is 0 Å². The fourth-order valence-electron chi connectivity index (χ4n) is 3.34. The SMILES string of the molecule is C=C(Br)CC(NC(=O)OCC1c2ccccc2-c2ccccc21)C(=O)OC. The van der Waals surface area contributed by atoms with E-state index >= 15 is 0 Å². The van der Waals surface area contributed by atoms with E-state index in [4.69, 9.17) is 9.47 Å². The number of methoxy groups -OCH3 is 1. The van der Waals surface area contributed by atoms with Crippen molar-refractivity contribution in [1.29, 1.82) is 0 Å². The van der Waals surface area contributed by atoms with Gasteiger partial charge in [0.2, 0.25) is 0 Å². The summed E-state index contributed by atoms with van der Waals surface area (Å²) in [6.45, 7) is 3.88. The maximum absolute atomic E-state index is 12.2. The minimum absolute atomic E-state index is 0.0362. The van der Waals surface area contributed by atoms with Gasteiger partial charge >= 0.3 is 12.1 Å². The number of hydrogen-bond acceptors (Lipinski definition) is 4. The Bertz CT molecular complexity index is 834. The van der Waals surface area contributed by atoms with Gasteiger partial charge in [-0.2, -0.15) is 0 Å². The first-order valence-corrected chi connectivity index (χ1v) is 9.33. The van der Waals surface area contributed by atoms with Crippen LogP contribution in [0.3, 0.4) is 0 Å². The third-order valence-electron chi connectivity index (χ3n) is 4.55. The van der Waals surface area contributed by atoms with E-state index in [1.54, 1.807) is 0 Å². The molecule has 1 atom stereocenters. The summed E-state index contributed by atoms with van der Waals surface area (Å²) in [5, 5.41) is 2.54. The molecule has 1 amide bonds. The lowest BCUT2D eigenvalue weighted by atomic mass is 9.98. The molecule has 2 aromatic carbocycles. The van der Waals surface area contributed by atoms with Crippen LogP contribution in [0.15, 0.2) is 59.6 Å². The van der Waals surface area contributed by atoms with E-state index < -0.39 is 18.1 Å². The third-order valence-corrected chi connectivity index (χ3v) is 4.87. The fraction of sp³-hybridized carbons (Fsp3) is 0.238. The number of carbonyl (C=O) groups is 2. The number of hydrogen-bond donors (Lipinski definition) is 1. The number of carbonyl (C=O) groups excluding carboxylic acids is 2. The summed E-state index contributed by atoms with van der Waals surface area (Å²) in [5.74, 6) is -0.588. The average molecular weight is 430 g/mol. The lowest BCUT2D eigenvalue weighted by Crippen LogP contribution is -2.42. The number of nitrogens with one attached hydrogen (secondary N) is 1. The van der Waals surface area contributed by atoms with Crippen molar-refractivity contribution >= 4 is 28.0 Å². The van der Waals surface area contributed by atoms with Crippen molar-refractivity contribution in [2.45, 2.75) is 18.4 Å². The molecule has 140 valence electrons. The second-order valence-electron chi connectivity index (χ2n) is 6.27. The van der Waals surface area contributed by atoms with E-state index in [1.807, 2.05) is 36.4 Å². The van der Waals surface area contributed by atoms with Gasteiger partial charge in [-0.1, -0.05) is 71.0 Å². The predicted octanol–water partition coefficient (Wildman–Crippen LogP) is 4.37. The van der Waals surface area contributed by atoms with E-state index in [1.165, 1.54) is 7.11 Å². The Morgan fingerprint density at radius 2 is 1.67 bits per heavy atom. The van der Waals surface area contributed by atoms with Crippen LogP contribution in [-0.2, 0) is 14.3 Å². The number of rotatable bonds is 6. The largest absolute Gasteiger partial charge is 0.467 e. The maximum atomic E-state index is 12.2. The van der Waals surface area contributed by atoms with Crippen LogP contribution in [0.2, 0.25) is 0 Å². The molecule has 0 aromatic heterocycles. The topological polar surface area (TPSA) is 64.6 Å². The second-order valence-corrected chi connectivity index (χ2v) is 7.39. The van der Waals surface area contributed by atoms with E-state index in [0.29, 0.717) is 4.48 Å². The lowest BCUT2D eigenvalue weighted by Gasteiger charge is -2.18. The summed E-state index contributed by atoms with van der Waals surface area (Å²) >= 11 is 3.20. The summed E-state index contributed by atoms with van der Waals surface area (Å²) in [5.41, 5.74) is 4.57. The molecule has 27 heavy (non-hydrogen) atoms. The van der Waals surface area contributed by atoms with Crippen LogP contribution in [0.5, 0.6) is 0 Å². The van der Waals surface area contributed by atoms with Crippen molar-refractivity contribution in [3.8, 4) is 11.1 Å². The molecule has 0 fully saturated rings. The fourth-order valence-corrected chi connectivity index (χ4v) is 3.66. The first-order chi connectivity index (χ1) is 13.0. The van der Waals surface area contributed by atoms with Gasteiger partial charge in [-0.3, -0.25) is 0 Å². The normalized spacial score (nSPS) is 13.3. The zero-order valence-electron chi connectivity index (χ0n) is 14.9. The van der Waals surface area contributed by atoms with Gasteiger partial charge in [0.1, 0.15) is 12.6 Å². The van der Waals surface area contributed by atoms with Crippen molar-refractivity contribution in [2.24, 2.45) is 0 Å². The summed E-state index contributed by atoms with van der Waals surface area (Å²) in [6.07, 6.45) is -0.447. The molecule has 0 spiro atoms. The molecular weight excluding hydrogens is 410 g/mol. The number of fused-ring (bicyclic) bond motifs is 3.